The van der Waals surface area contributed by atoms with E-state index in [-0.39, 0.29) is 10.7 Å². The van der Waals surface area contributed by atoms with E-state index >= 15 is 0 Å². The minimum Gasteiger partial charge on any atom is -0.504 e. The Hall–Kier alpha value is -2.68. The largest absolute Gasteiger partial charge is 0.504 e. The van der Waals surface area contributed by atoms with Gasteiger partial charge >= 0.3 is 0 Å². The first kappa shape index (κ1) is 14.7. The molecule has 0 amide bonds. The summed E-state index contributed by atoms with van der Waals surface area (Å²) in [5.41, 5.74) is 0.455. The van der Waals surface area contributed by atoms with E-state index in [1.807, 2.05) is 6.92 Å². The molecule has 1 heterocycles. The van der Waals surface area contributed by atoms with E-state index < -0.39 is 26.4 Å². The number of benzene rings is 1. The van der Waals surface area contributed by atoms with Crippen molar-refractivity contribution in [2.45, 2.75) is 11.8 Å². The first-order valence-electron chi connectivity index (χ1n) is 5.72. The number of nitrogens with one attached hydrogen (secondary N) is 1. The lowest BCUT2D eigenvalue weighted by atomic mass is 10.2. The van der Waals surface area contributed by atoms with Crippen molar-refractivity contribution in [2.24, 2.45) is 0 Å². The number of aromatic hydroxyl groups is 1. The smallest absolute Gasteiger partial charge is 0.291 e. The van der Waals surface area contributed by atoms with Crippen LogP contribution < -0.4 is 4.72 Å². The van der Waals surface area contributed by atoms with Crippen LogP contribution in [0.4, 0.5) is 11.5 Å². The first-order chi connectivity index (χ1) is 9.79. The molecule has 0 fully saturated rings. The van der Waals surface area contributed by atoms with Crippen LogP contribution in [0.2, 0.25) is 0 Å². The van der Waals surface area contributed by atoms with Gasteiger partial charge in [-0.05, 0) is 19.1 Å². The Labute approximate surface area is 120 Å². The Morgan fingerprint density at radius 1 is 1.29 bits per heavy atom. The number of sulfonamides is 1. The molecule has 0 spiro atoms. The van der Waals surface area contributed by atoms with Crippen LogP contribution in [0.15, 0.2) is 41.4 Å². The molecular formula is C12H11N3O5S. The zero-order chi connectivity index (χ0) is 15.6. The lowest BCUT2D eigenvalue weighted by molar-refractivity contribution is -0.385. The van der Waals surface area contributed by atoms with Gasteiger partial charge in [-0.25, -0.2) is 13.4 Å². The van der Waals surface area contributed by atoms with E-state index in [0.29, 0.717) is 0 Å². The van der Waals surface area contributed by atoms with Crippen molar-refractivity contribution < 1.29 is 18.4 Å². The fourth-order valence-electron chi connectivity index (χ4n) is 1.52. The van der Waals surface area contributed by atoms with Gasteiger partial charge in [-0.1, -0.05) is 17.7 Å². The SMILES string of the molecule is Cc1ccc(S(=O)(=O)Nc2ncc([N+](=O)[O-])cc2O)cc1. The molecule has 2 rings (SSSR count). The number of nitrogens with zero attached hydrogens (tertiary/aromatic N) is 2. The Kier molecular flexibility index (Phi) is 3.76. The predicted octanol–water partition coefficient (Wildman–Crippen LogP) is 1.80. The highest BCUT2D eigenvalue weighted by Crippen LogP contribution is 2.27. The molecule has 110 valence electrons. The predicted molar refractivity (Wildman–Crippen MR) is 74.5 cm³/mol. The quantitative estimate of drug-likeness (QED) is 0.656. The Bertz CT molecular complexity index is 787. The highest BCUT2D eigenvalue weighted by Gasteiger charge is 2.18. The topological polar surface area (TPSA) is 122 Å². The summed E-state index contributed by atoms with van der Waals surface area (Å²) >= 11 is 0. The number of hydrogen-bond donors (Lipinski definition) is 2. The summed E-state index contributed by atoms with van der Waals surface area (Å²) < 4.78 is 26.3. The molecule has 0 aliphatic rings. The summed E-state index contributed by atoms with van der Waals surface area (Å²) in [6, 6.07) is 6.87. The summed E-state index contributed by atoms with van der Waals surface area (Å²) in [4.78, 5) is 13.3. The van der Waals surface area contributed by atoms with Crippen LogP contribution in [0, 0.1) is 17.0 Å². The summed E-state index contributed by atoms with van der Waals surface area (Å²) in [5.74, 6) is -0.999. The minimum atomic E-state index is -3.93. The van der Waals surface area contributed by atoms with Crippen molar-refractivity contribution in [1.82, 2.24) is 4.98 Å². The van der Waals surface area contributed by atoms with Crippen LogP contribution in [-0.4, -0.2) is 23.4 Å². The van der Waals surface area contributed by atoms with E-state index in [2.05, 4.69) is 9.71 Å². The van der Waals surface area contributed by atoms with Gasteiger partial charge in [-0.2, -0.15) is 0 Å². The highest BCUT2D eigenvalue weighted by atomic mass is 32.2. The number of nitro groups is 1. The summed E-state index contributed by atoms with van der Waals surface area (Å²) in [6.07, 6.45) is 0.854. The average Bonchev–Trinajstić information content (AvgIpc) is 2.41. The van der Waals surface area contributed by atoms with Crippen molar-refractivity contribution in [2.75, 3.05) is 4.72 Å². The number of pyridine rings is 1. The molecule has 8 nitrogen and oxygen atoms in total. The van der Waals surface area contributed by atoms with Gasteiger partial charge in [-0.3, -0.25) is 14.8 Å². The van der Waals surface area contributed by atoms with Crippen molar-refractivity contribution in [1.29, 1.82) is 0 Å². The summed E-state index contributed by atoms with van der Waals surface area (Å²) in [6.45, 7) is 1.81. The average molecular weight is 309 g/mol. The molecule has 0 radical (unpaired) electrons. The Morgan fingerprint density at radius 2 is 1.90 bits per heavy atom. The zero-order valence-corrected chi connectivity index (χ0v) is 11.7. The normalized spacial score (nSPS) is 11.1. The van der Waals surface area contributed by atoms with E-state index in [4.69, 9.17) is 0 Å². The second kappa shape index (κ2) is 5.37. The zero-order valence-electron chi connectivity index (χ0n) is 10.8. The molecular weight excluding hydrogens is 298 g/mol. The van der Waals surface area contributed by atoms with Gasteiger partial charge in [0.1, 0.15) is 6.20 Å². The van der Waals surface area contributed by atoms with Gasteiger partial charge in [0.05, 0.1) is 15.9 Å². The second-order valence-electron chi connectivity index (χ2n) is 4.24. The van der Waals surface area contributed by atoms with Gasteiger partial charge in [0, 0.05) is 0 Å². The summed E-state index contributed by atoms with van der Waals surface area (Å²) in [5, 5.41) is 20.1. The second-order valence-corrected chi connectivity index (χ2v) is 5.92. The van der Waals surface area contributed by atoms with Crippen molar-refractivity contribution in [3.8, 4) is 5.75 Å². The fourth-order valence-corrected chi connectivity index (χ4v) is 2.55. The standard InChI is InChI=1S/C12H11N3O5S/c1-8-2-4-10(5-3-8)21(19,20)14-12-11(16)6-9(7-13-12)15(17)18/h2-7,16H,1H3,(H,13,14). The van der Waals surface area contributed by atoms with E-state index in [9.17, 15) is 23.6 Å². The number of anilines is 1. The maximum Gasteiger partial charge on any atom is 0.291 e. The molecule has 1 aromatic carbocycles. The molecule has 0 bridgehead atoms. The maximum absolute atomic E-state index is 12.1. The van der Waals surface area contributed by atoms with Crippen molar-refractivity contribution >= 4 is 21.5 Å². The number of rotatable bonds is 4. The molecule has 0 saturated heterocycles. The van der Waals surface area contributed by atoms with Crippen LogP contribution in [0.1, 0.15) is 5.56 Å². The maximum atomic E-state index is 12.1. The third-order valence-corrected chi connectivity index (χ3v) is 3.98. The molecule has 2 aromatic rings. The van der Waals surface area contributed by atoms with Gasteiger partial charge < -0.3 is 5.11 Å². The molecule has 0 unspecified atom stereocenters. The molecule has 21 heavy (non-hydrogen) atoms. The molecule has 0 atom stereocenters. The van der Waals surface area contributed by atoms with Crippen LogP contribution in [-0.2, 0) is 10.0 Å². The molecule has 0 saturated carbocycles. The van der Waals surface area contributed by atoms with Crippen LogP contribution in [0.3, 0.4) is 0 Å². The lowest BCUT2D eigenvalue weighted by Crippen LogP contribution is -2.14. The van der Waals surface area contributed by atoms with Gasteiger partial charge in [0.2, 0.25) is 0 Å². The van der Waals surface area contributed by atoms with Crippen molar-refractivity contribution in [3.63, 3.8) is 0 Å². The van der Waals surface area contributed by atoms with Crippen LogP contribution in [0.25, 0.3) is 0 Å². The van der Waals surface area contributed by atoms with Gasteiger partial charge in [0.15, 0.2) is 11.6 Å². The van der Waals surface area contributed by atoms with Gasteiger partial charge in [0.25, 0.3) is 15.7 Å². The molecule has 9 heteroatoms. The lowest BCUT2D eigenvalue weighted by Gasteiger charge is -2.08. The van der Waals surface area contributed by atoms with Gasteiger partial charge in [-0.15, -0.1) is 0 Å². The van der Waals surface area contributed by atoms with Crippen molar-refractivity contribution in [3.05, 3.63) is 52.2 Å². The van der Waals surface area contributed by atoms with E-state index in [1.165, 1.54) is 12.1 Å². The Morgan fingerprint density at radius 3 is 2.43 bits per heavy atom. The van der Waals surface area contributed by atoms with E-state index in [1.54, 1.807) is 12.1 Å². The molecule has 0 aliphatic carbocycles. The minimum absolute atomic E-state index is 0.00680. The third-order valence-electron chi connectivity index (χ3n) is 2.63. The monoisotopic (exact) mass is 309 g/mol. The fraction of sp³-hybridized carbons (Fsp3) is 0.0833. The first-order valence-corrected chi connectivity index (χ1v) is 7.21. The Balaban J connectivity index is 2.32. The summed E-state index contributed by atoms with van der Waals surface area (Å²) in [7, 11) is -3.93. The van der Waals surface area contributed by atoms with E-state index in [0.717, 1.165) is 17.8 Å². The number of aryl methyl sites for hydroxylation is 1. The highest BCUT2D eigenvalue weighted by molar-refractivity contribution is 7.92. The molecule has 1 aromatic heterocycles. The molecule has 2 N–H and O–H groups in total. The third kappa shape index (κ3) is 3.26. The van der Waals surface area contributed by atoms with Crippen LogP contribution >= 0.6 is 0 Å². The van der Waals surface area contributed by atoms with Crippen LogP contribution in [0.5, 0.6) is 5.75 Å². The number of hydrogen-bond acceptors (Lipinski definition) is 6. The number of aromatic nitrogens is 1. The molecule has 0 aliphatic heterocycles.